The van der Waals surface area contributed by atoms with E-state index in [0.717, 1.165) is 6.07 Å². The van der Waals surface area contributed by atoms with Gasteiger partial charge in [-0.3, -0.25) is 4.79 Å². The van der Waals surface area contributed by atoms with Crippen LogP contribution in [-0.4, -0.2) is 47.9 Å². The van der Waals surface area contributed by atoms with E-state index < -0.39 is 23.3 Å². The minimum Gasteiger partial charge on any atom is -0.399 e. The Balaban J connectivity index is 1.92. The minimum atomic E-state index is -4.70. The van der Waals surface area contributed by atoms with Crippen molar-refractivity contribution in [2.75, 3.05) is 20.3 Å². The fourth-order valence-corrected chi connectivity index (χ4v) is 3.52. The molecule has 0 saturated carbocycles. The molecule has 156 valence electrons. The molecule has 30 heavy (non-hydrogen) atoms. The number of alkyl halides is 3. The van der Waals surface area contributed by atoms with Crippen LogP contribution in [0.5, 0.6) is 0 Å². The van der Waals surface area contributed by atoms with Gasteiger partial charge in [0.25, 0.3) is 5.91 Å². The zero-order chi connectivity index (χ0) is 21.9. The standard InChI is InChI=1S/C21H18F3N3O3/c1-30-26-16-9-17(12-28)27(11-16)20(29)14-7-5-13(6-8-14)18-4-2-3-15(10-25)19(18)21(22,23)24/h2-8,17,28H,9,11-12H2,1H3/b26-16+/t17-/m0/s1. The van der Waals surface area contributed by atoms with Gasteiger partial charge < -0.3 is 14.8 Å². The van der Waals surface area contributed by atoms with Crippen molar-refractivity contribution in [2.45, 2.75) is 18.6 Å². The number of aliphatic hydroxyl groups excluding tert-OH is 1. The number of aliphatic hydroxyl groups is 1. The lowest BCUT2D eigenvalue weighted by molar-refractivity contribution is -0.137. The first-order valence-electron chi connectivity index (χ1n) is 9.01. The fourth-order valence-electron chi connectivity index (χ4n) is 3.52. The van der Waals surface area contributed by atoms with Crippen LogP contribution in [0.4, 0.5) is 13.2 Å². The smallest absolute Gasteiger partial charge is 0.399 e. The Labute approximate surface area is 170 Å². The molecule has 1 aliphatic rings. The van der Waals surface area contributed by atoms with Crippen molar-refractivity contribution in [1.82, 2.24) is 4.90 Å². The number of nitrogens with zero attached hydrogens (tertiary/aromatic N) is 3. The summed E-state index contributed by atoms with van der Waals surface area (Å²) < 4.78 is 40.6. The molecule has 2 aromatic rings. The Bertz CT molecular complexity index is 1010. The first kappa shape index (κ1) is 21.3. The fraction of sp³-hybridized carbons (Fsp3) is 0.286. The van der Waals surface area contributed by atoms with E-state index in [4.69, 9.17) is 10.1 Å². The summed E-state index contributed by atoms with van der Waals surface area (Å²) in [6, 6.07) is 10.6. The van der Waals surface area contributed by atoms with Crippen LogP contribution in [0.3, 0.4) is 0 Å². The maximum atomic E-state index is 13.5. The van der Waals surface area contributed by atoms with Gasteiger partial charge in [-0.15, -0.1) is 0 Å². The SMILES string of the molecule is CO/N=C1\C[C@@H](CO)N(C(=O)c2ccc(-c3cccc(C#N)c3C(F)(F)F)cc2)C1. The number of rotatable bonds is 4. The van der Waals surface area contributed by atoms with Gasteiger partial charge in [-0.05, 0) is 29.3 Å². The first-order chi connectivity index (χ1) is 14.3. The molecule has 0 aliphatic carbocycles. The van der Waals surface area contributed by atoms with E-state index in [1.165, 1.54) is 48.4 Å². The summed E-state index contributed by atoms with van der Waals surface area (Å²) in [6.07, 6.45) is -4.32. The van der Waals surface area contributed by atoms with Gasteiger partial charge in [-0.1, -0.05) is 29.4 Å². The Morgan fingerprint density at radius 3 is 2.57 bits per heavy atom. The van der Waals surface area contributed by atoms with Gasteiger partial charge in [-0.25, -0.2) is 0 Å². The van der Waals surface area contributed by atoms with Crippen LogP contribution in [0.15, 0.2) is 47.6 Å². The van der Waals surface area contributed by atoms with E-state index in [1.807, 2.05) is 0 Å². The third-order valence-corrected chi connectivity index (χ3v) is 4.87. The highest BCUT2D eigenvalue weighted by molar-refractivity contribution is 6.00. The summed E-state index contributed by atoms with van der Waals surface area (Å²) in [7, 11) is 1.39. The zero-order valence-electron chi connectivity index (χ0n) is 16.0. The van der Waals surface area contributed by atoms with Gasteiger partial charge in [0.15, 0.2) is 0 Å². The van der Waals surface area contributed by atoms with E-state index in [-0.39, 0.29) is 35.7 Å². The summed E-state index contributed by atoms with van der Waals surface area (Å²) >= 11 is 0. The number of amides is 1. The normalized spacial score (nSPS) is 17.8. The van der Waals surface area contributed by atoms with Crippen LogP contribution in [0.1, 0.15) is 27.9 Å². The molecule has 6 nitrogen and oxygen atoms in total. The van der Waals surface area contributed by atoms with Crippen LogP contribution in [0.2, 0.25) is 0 Å². The number of hydrogen-bond donors (Lipinski definition) is 1. The second kappa shape index (κ2) is 8.55. The second-order valence-electron chi connectivity index (χ2n) is 6.73. The molecule has 1 heterocycles. The number of halogens is 3. The van der Waals surface area contributed by atoms with E-state index >= 15 is 0 Å². The molecule has 0 unspecified atom stereocenters. The van der Waals surface area contributed by atoms with E-state index in [9.17, 15) is 23.1 Å². The molecule has 3 rings (SSSR count). The maximum absolute atomic E-state index is 13.5. The van der Waals surface area contributed by atoms with Gasteiger partial charge >= 0.3 is 6.18 Å². The summed E-state index contributed by atoms with van der Waals surface area (Å²) in [5, 5.41) is 22.4. The predicted octanol–water partition coefficient (Wildman–Crippen LogP) is 3.45. The molecule has 1 atom stereocenters. The molecule has 1 fully saturated rings. The maximum Gasteiger partial charge on any atom is 0.418 e. The van der Waals surface area contributed by atoms with Gasteiger partial charge in [-0.2, -0.15) is 18.4 Å². The van der Waals surface area contributed by atoms with Crippen LogP contribution in [-0.2, 0) is 11.0 Å². The van der Waals surface area contributed by atoms with Crippen molar-refractivity contribution < 1.29 is 27.9 Å². The molecule has 9 heteroatoms. The zero-order valence-corrected chi connectivity index (χ0v) is 16.0. The predicted molar refractivity (Wildman–Crippen MR) is 103 cm³/mol. The Hall–Kier alpha value is -3.38. The number of benzene rings is 2. The second-order valence-corrected chi connectivity index (χ2v) is 6.73. The van der Waals surface area contributed by atoms with Crippen molar-refractivity contribution in [3.8, 4) is 17.2 Å². The third kappa shape index (κ3) is 4.14. The lowest BCUT2D eigenvalue weighted by atomic mass is 9.94. The monoisotopic (exact) mass is 417 g/mol. The number of carbonyl (C=O) groups is 1. The molecule has 0 aromatic heterocycles. The molecule has 0 spiro atoms. The Kier molecular flexibility index (Phi) is 6.08. The van der Waals surface area contributed by atoms with Crippen molar-refractivity contribution >= 4 is 11.6 Å². The molecule has 1 aliphatic heterocycles. The van der Waals surface area contributed by atoms with Gasteiger partial charge in [0.05, 0.1) is 42.1 Å². The van der Waals surface area contributed by atoms with Crippen LogP contribution < -0.4 is 0 Å². The van der Waals surface area contributed by atoms with Crippen LogP contribution >= 0.6 is 0 Å². The highest BCUT2D eigenvalue weighted by atomic mass is 19.4. The van der Waals surface area contributed by atoms with Gasteiger partial charge in [0.2, 0.25) is 0 Å². The number of hydrogen-bond acceptors (Lipinski definition) is 5. The highest BCUT2D eigenvalue weighted by Gasteiger charge is 2.37. The lowest BCUT2D eigenvalue weighted by Crippen LogP contribution is -2.37. The highest BCUT2D eigenvalue weighted by Crippen LogP contribution is 2.39. The topological polar surface area (TPSA) is 85.9 Å². The van der Waals surface area contributed by atoms with E-state index in [2.05, 4.69) is 5.16 Å². The van der Waals surface area contributed by atoms with E-state index in [1.54, 1.807) is 6.07 Å². The summed E-state index contributed by atoms with van der Waals surface area (Å²) in [4.78, 5) is 19.0. The van der Waals surface area contributed by atoms with Gasteiger partial charge in [0, 0.05) is 12.0 Å². The average Bonchev–Trinajstić information content (AvgIpc) is 3.15. The quantitative estimate of drug-likeness (QED) is 0.772. The van der Waals surface area contributed by atoms with Crippen molar-refractivity contribution in [1.29, 1.82) is 5.26 Å². The molecule has 1 N–H and O–H groups in total. The Morgan fingerprint density at radius 1 is 1.30 bits per heavy atom. The molecule has 1 saturated heterocycles. The molecule has 1 amide bonds. The van der Waals surface area contributed by atoms with Crippen molar-refractivity contribution in [2.24, 2.45) is 5.16 Å². The minimum absolute atomic E-state index is 0.135. The van der Waals surface area contributed by atoms with Crippen LogP contribution in [0.25, 0.3) is 11.1 Å². The average molecular weight is 417 g/mol. The number of nitriles is 1. The Morgan fingerprint density at radius 2 is 2.00 bits per heavy atom. The largest absolute Gasteiger partial charge is 0.418 e. The van der Waals surface area contributed by atoms with Crippen LogP contribution in [0, 0.1) is 11.3 Å². The molecule has 2 aromatic carbocycles. The van der Waals surface area contributed by atoms with Crippen molar-refractivity contribution in [3.05, 3.63) is 59.2 Å². The summed E-state index contributed by atoms with van der Waals surface area (Å²) in [6.45, 7) is -0.0511. The molecule has 0 radical (unpaired) electrons. The molecule has 0 bridgehead atoms. The number of likely N-dealkylation sites (tertiary alicyclic amines) is 1. The lowest BCUT2D eigenvalue weighted by Gasteiger charge is -2.22. The van der Waals surface area contributed by atoms with Crippen molar-refractivity contribution in [3.63, 3.8) is 0 Å². The summed E-state index contributed by atoms with van der Waals surface area (Å²) in [5.41, 5.74) is -0.493. The van der Waals surface area contributed by atoms with Gasteiger partial charge in [0.1, 0.15) is 7.11 Å². The molecular weight excluding hydrogens is 399 g/mol. The molecular formula is C21H18F3N3O3. The number of oxime groups is 1. The first-order valence-corrected chi connectivity index (χ1v) is 9.01. The van der Waals surface area contributed by atoms with E-state index in [0.29, 0.717) is 12.1 Å². The number of carbonyl (C=O) groups excluding carboxylic acids is 1. The summed E-state index contributed by atoms with van der Waals surface area (Å²) in [5.74, 6) is -0.372. The third-order valence-electron chi connectivity index (χ3n) is 4.87.